The maximum atomic E-state index is 12.2. The Morgan fingerprint density at radius 2 is 1.92 bits per heavy atom. The molecule has 3 amide bonds. The van der Waals surface area contributed by atoms with E-state index in [-0.39, 0.29) is 11.9 Å². The largest absolute Gasteiger partial charge is 0.464 e. The average molecular weight is 350 g/mol. The van der Waals surface area contributed by atoms with Crippen molar-refractivity contribution in [3.63, 3.8) is 0 Å². The molecule has 0 saturated heterocycles. The lowest BCUT2D eigenvalue weighted by Crippen LogP contribution is -2.32. The van der Waals surface area contributed by atoms with Crippen molar-refractivity contribution in [3.05, 3.63) is 52.4 Å². The Morgan fingerprint density at radius 3 is 2.50 bits per heavy atom. The molecule has 2 N–H and O–H groups in total. The fourth-order valence-corrected chi connectivity index (χ4v) is 2.33. The number of urea groups is 1. The summed E-state index contributed by atoms with van der Waals surface area (Å²) in [5.41, 5.74) is 0.711. The molecule has 24 heavy (non-hydrogen) atoms. The smallest absolute Gasteiger partial charge is 0.319 e. The van der Waals surface area contributed by atoms with Crippen LogP contribution >= 0.6 is 11.6 Å². The summed E-state index contributed by atoms with van der Waals surface area (Å²) in [7, 11) is 3.28. The van der Waals surface area contributed by atoms with Crippen molar-refractivity contribution < 1.29 is 14.0 Å². The molecule has 0 spiro atoms. The number of hydrogen-bond donors (Lipinski definition) is 2. The van der Waals surface area contributed by atoms with Crippen molar-refractivity contribution in [3.8, 4) is 0 Å². The van der Waals surface area contributed by atoms with E-state index >= 15 is 0 Å². The van der Waals surface area contributed by atoms with Crippen LogP contribution in [0.2, 0.25) is 5.02 Å². The predicted molar refractivity (Wildman–Crippen MR) is 93.5 cm³/mol. The number of carbonyl (C=O) groups excluding carboxylic acids is 2. The van der Waals surface area contributed by atoms with Gasteiger partial charge in [0.1, 0.15) is 11.5 Å². The molecule has 2 aromatic rings. The Bertz CT molecular complexity index is 755. The SMILES string of the molecule is Cc1ccc([C@@H](C)NC(=O)Nc2cc(Cl)ccc2C(=O)N(C)C)o1. The number of rotatable bonds is 4. The maximum Gasteiger partial charge on any atom is 0.319 e. The summed E-state index contributed by atoms with van der Waals surface area (Å²) in [5.74, 6) is 1.20. The molecule has 6 nitrogen and oxygen atoms in total. The molecule has 0 unspecified atom stereocenters. The molecular weight excluding hydrogens is 330 g/mol. The van der Waals surface area contributed by atoms with Crippen LogP contribution in [0.3, 0.4) is 0 Å². The van der Waals surface area contributed by atoms with Crippen LogP contribution in [0, 0.1) is 6.92 Å². The molecule has 0 saturated carbocycles. The molecule has 1 aromatic carbocycles. The Morgan fingerprint density at radius 1 is 1.21 bits per heavy atom. The van der Waals surface area contributed by atoms with Gasteiger partial charge in [0.25, 0.3) is 5.91 Å². The van der Waals surface area contributed by atoms with Crippen LogP contribution in [0.15, 0.2) is 34.7 Å². The normalized spacial score (nSPS) is 11.7. The molecule has 0 aliphatic heterocycles. The van der Waals surface area contributed by atoms with Crippen molar-refractivity contribution in [2.75, 3.05) is 19.4 Å². The molecule has 2 rings (SSSR count). The van der Waals surface area contributed by atoms with E-state index in [4.69, 9.17) is 16.0 Å². The first kappa shape index (κ1) is 17.9. The summed E-state index contributed by atoms with van der Waals surface area (Å²) in [6.07, 6.45) is 0. The lowest BCUT2D eigenvalue weighted by Gasteiger charge is -2.17. The Hall–Kier alpha value is -2.47. The highest BCUT2D eigenvalue weighted by atomic mass is 35.5. The molecular formula is C17H20ClN3O3. The monoisotopic (exact) mass is 349 g/mol. The fourth-order valence-electron chi connectivity index (χ4n) is 2.16. The fraction of sp³-hybridized carbons (Fsp3) is 0.294. The summed E-state index contributed by atoms with van der Waals surface area (Å²) in [5, 5.41) is 5.86. The maximum absolute atomic E-state index is 12.2. The highest BCUT2D eigenvalue weighted by Gasteiger charge is 2.17. The zero-order valence-corrected chi connectivity index (χ0v) is 14.8. The number of nitrogens with one attached hydrogen (secondary N) is 2. The van der Waals surface area contributed by atoms with Crippen molar-refractivity contribution in [2.45, 2.75) is 19.9 Å². The van der Waals surface area contributed by atoms with Crippen molar-refractivity contribution in [2.24, 2.45) is 0 Å². The van der Waals surface area contributed by atoms with E-state index in [1.807, 2.05) is 19.9 Å². The summed E-state index contributed by atoms with van der Waals surface area (Å²) >= 11 is 5.98. The minimum absolute atomic E-state index is 0.225. The van der Waals surface area contributed by atoms with Crippen LogP contribution in [0.25, 0.3) is 0 Å². The first-order valence-electron chi connectivity index (χ1n) is 7.43. The number of nitrogens with zero attached hydrogens (tertiary/aromatic N) is 1. The molecule has 0 aliphatic carbocycles. The first-order valence-corrected chi connectivity index (χ1v) is 7.80. The number of aryl methyl sites for hydroxylation is 1. The zero-order valence-electron chi connectivity index (χ0n) is 14.0. The van der Waals surface area contributed by atoms with Crippen molar-refractivity contribution in [1.29, 1.82) is 0 Å². The first-order chi connectivity index (χ1) is 11.3. The Balaban J connectivity index is 2.13. The summed E-state index contributed by atoms with van der Waals surface area (Å²) in [6, 6.07) is 7.60. The van der Waals surface area contributed by atoms with Gasteiger partial charge in [0.15, 0.2) is 0 Å². The highest BCUT2D eigenvalue weighted by Crippen LogP contribution is 2.23. The van der Waals surface area contributed by atoms with Gasteiger partial charge in [0, 0.05) is 19.1 Å². The minimum Gasteiger partial charge on any atom is -0.464 e. The summed E-state index contributed by atoms with van der Waals surface area (Å²) < 4.78 is 5.48. The van der Waals surface area contributed by atoms with Gasteiger partial charge in [-0.25, -0.2) is 4.79 Å². The van der Waals surface area contributed by atoms with Crippen LogP contribution < -0.4 is 10.6 Å². The molecule has 1 aromatic heterocycles. The number of hydrogen-bond acceptors (Lipinski definition) is 3. The van der Waals surface area contributed by atoms with E-state index in [0.717, 1.165) is 5.76 Å². The third kappa shape index (κ3) is 4.29. The van der Waals surface area contributed by atoms with E-state index in [1.165, 1.54) is 4.90 Å². The Labute approximate surface area is 145 Å². The molecule has 0 bridgehead atoms. The number of amides is 3. The second kappa shape index (κ2) is 7.40. The van der Waals surface area contributed by atoms with E-state index in [1.54, 1.807) is 38.4 Å². The van der Waals surface area contributed by atoms with Crippen LogP contribution in [0.4, 0.5) is 10.5 Å². The van der Waals surface area contributed by atoms with Crippen LogP contribution in [-0.2, 0) is 0 Å². The molecule has 7 heteroatoms. The average Bonchev–Trinajstić information content (AvgIpc) is 2.93. The van der Waals surface area contributed by atoms with Gasteiger partial charge in [-0.3, -0.25) is 4.79 Å². The van der Waals surface area contributed by atoms with E-state index in [0.29, 0.717) is 22.0 Å². The van der Waals surface area contributed by atoms with Gasteiger partial charge in [-0.05, 0) is 44.2 Å². The van der Waals surface area contributed by atoms with Gasteiger partial charge < -0.3 is 20.0 Å². The van der Waals surface area contributed by atoms with Crippen LogP contribution in [0.5, 0.6) is 0 Å². The zero-order chi connectivity index (χ0) is 17.9. The van der Waals surface area contributed by atoms with Crippen LogP contribution in [0.1, 0.15) is 34.8 Å². The number of carbonyl (C=O) groups is 2. The third-order valence-corrected chi connectivity index (χ3v) is 3.64. The minimum atomic E-state index is -0.452. The Kier molecular flexibility index (Phi) is 5.51. The predicted octanol–water partition coefficient (Wildman–Crippen LogP) is 3.83. The molecule has 0 radical (unpaired) electrons. The molecule has 0 aliphatic rings. The van der Waals surface area contributed by atoms with E-state index < -0.39 is 6.03 Å². The van der Waals surface area contributed by atoms with Crippen LogP contribution in [-0.4, -0.2) is 30.9 Å². The quantitative estimate of drug-likeness (QED) is 0.881. The standard InChI is InChI=1S/C17H20ClN3O3/c1-10-5-8-15(24-10)11(2)19-17(23)20-14-9-12(18)6-7-13(14)16(22)21(3)4/h5-9,11H,1-4H3,(H2,19,20,23)/t11-/m1/s1. The summed E-state index contributed by atoms with van der Waals surface area (Å²) in [4.78, 5) is 25.9. The van der Waals surface area contributed by atoms with Gasteiger partial charge in [0.05, 0.1) is 17.3 Å². The van der Waals surface area contributed by atoms with E-state index in [2.05, 4.69) is 10.6 Å². The van der Waals surface area contributed by atoms with Gasteiger partial charge >= 0.3 is 6.03 Å². The number of furan rings is 1. The molecule has 1 atom stereocenters. The van der Waals surface area contributed by atoms with E-state index in [9.17, 15) is 9.59 Å². The number of anilines is 1. The molecule has 1 heterocycles. The lowest BCUT2D eigenvalue weighted by molar-refractivity contribution is 0.0828. The third-order valence-electron chi connectivity index (χ3n) is 3.40. The second-order valence-corrected chi connectivity index (χ2v) is 6.09. The number of benzene rings is 1. The lowest BCUT2D eigenvalue weighted by atomic mass is 10.1. The van der Waals surface area contributed by atoms with Crippen molar-refractivity contribution >= 4 is 29.2 Å². The number of halogens is 1. The van der Waals surface area contributed by atoms with Gasteiger partial charge in [-0.2, -0.15) is 0 Å². The highest BCUT2D eigenvalue weighted by molar-refractivity contribution is 6.31. The van der Waals surface area contributed by atoms with Crippen molar-refractivity contribution in [1.82, 2.24) is 10.2 Å². The summed E-state index contributed by atoms with van der Waals surface area (Å²) in [6.45, 7) is 3.64. The second-order valence-electron chi connectivity index (χ2n) is 5.66. The van der Waals surface area contributed by atoms with Gasteiger partial charge in [0.2, 0.25) is 0 Å². The topological polar surface area (TPSA) is 74.6 Å². The molecule has 128 valence electrons. The van der Waals surface area contributed by atoms with Gasteiger partial charge in [-0.1, -0.05) is 11.6 Å². The molecule has 0 fully saturated rings. The van der Waals surface area contributed by atoms with Gasteiger partial charge in [-0.15, -0.1) is 0 Å².